The van der Waals surface area contributed by atoms with Gasteiger partial charge in [-0.1, -0.05) is 18.2 Å². The van der Waals surface area contributed by atoms with Crippen molar-refractivity contribution in [1.82, 2.24) is 0 Å². The number of rotatable bonds is 0. The Labute approximate surface area is 89.1 Å². The number of hydrogen-bond donors (Lipinski definition) is 2. The third kappa shape index (κ3) is 1.43. The fourth-order valence-corrected chi connectivity index (χ4v) is 2.67. The van der Waals surface area contributed by atoms with Crippen LogP contribution in [0.25, 0.3) is 0 Å². The van der Waals surface area contributed by atoms with Crippen LogP contribution >= 0.6 is 0 Å². The maximum absolute atomic E-state index is 9.64. The molecule has 0 aliphatic carbocycles. The summed E-state index contributed by atoms with van der Waals surface area (Å²) in [4.78, 5) is 0. The molecule has 2 N–H and O–H groups in total. The van der Waals surface area contributed by atoms with Gasteiger partial charge in [-0.25, -0.2) is 0 Å². The molecule has 3 nitrogen and oxygen atoms in total. The Morgan fingerprint density at radius 3 is 3.07 bits per heavy atom. The molecule has 3 rings (SSSR count). The Morgan fingerprint density at radius 1 is 1.40 bits per heavy atom. The van der Waals surface area contributed by atoms with Crippen LogP contribution in [0.15, 0.2) is 24.3 Å². The third-order valence-electron chi connectivity index (χ3n) is 3.33. The largest absolute Gasteiger partial charge is 0.379 e. The second kappa shape index (κ2) is 2.97. The van der Waals surface area contributed by atoms with Gasteiger partial charge in [-0.05, 0) is 13.0 Å². The monoisotopic (exact) mass is 205 g/mol. The Hall–Kier alpha value is -1.06. The number of aliphatic hydroxyl groups excluding tert-OH is 1. The smallest absolute Gasteiger partial charge is 0.157 e. The lowest BCUT2D eigenvalue weighted by Crippen LogP contribution is -2.48. The van der Waals surface area contributed by atoms with E-state index in [1.54, 1.807) is 0 Å². The summed E-state index contributed by atoms with van der Waals surface area (Å²) in [6.45, 7) is 2.14. The molecule has 2 aliphatic heterocycles. The lowest BCUT2D eigenvalue weighted by atomic mass is 9.81. The predicted octanol–water partition coefficient (Wildman–Crippen LogP) is 2.04. The van der Waals surface area contributed by atoms with E-state index in [9.17, 15) is 5.11 Å². The first kappa shape index (κ1) is 9.19. The van der Waals surface area contributed by atoms with Gasteiger partial charge in [-0.15, -0.1) is 0 Å². The number of ether oxygens (including phenoxy) is 1. The first-order valence-corrected chi connectivity index (χ1v) is 5.37. The van der Waals surface area contributed by atoms with Gasteiger partial charge in [0.15, 0.2) is 6.29 Å². The minimum atomic E-state index is -0.644. The fourth-order valence-electron chi connectivity index (χ4n) is 2.67. The highest BCUT2D eigenvalue weighted by molar-refractivity contribution is 5.56. The second-order valence-electron chi connectivity index (χ2n) is 4.76. The summed E-state index contributed by atoms with van der Waals surface area (Å²) in [7, 11) is 0. The van der Waals surface area contributed by atoms with Crippen LogP contribution in [0.5, 0.6) is 0 Å². The summed E-state index contributed by atoms with van der Waals surface area (Å²) in [5.74, 6) is 0. The highest BCUT2D eigenvalue weighted by Crippen LogP contribution is 2.45. The van der Waals surface area contributed by atoms with Crippen molar-refractivity contribution in [3.63, 3.8) is 0 Å². The number of benzene rings is 1. The standard InChI is InChI=1S/C12H15NO2/c1-12-6-10(15-11(14)7-12)8-4-2-3-5-9(8)13-12/h2-5,10-11,13-14H,6-7H2,1H3/t10-,11-,12-/m0/s1. The average Bonchev–Trinajstić information content (AvgIpc) is 2.15. The molecule has 2 bridgehead atoms. The molecule has 0 saturated carbocycles. The molecule has 0 unspecified atom stereocenters. The van der Waals surface area contributed by atoms with E-state index in [1.165, 1.54) is 0 Å². The van der Waals surface area contributed by atoms with Gasteiger partial charge in [0, 0.05) is 29.6 Å². The summed E-state index contributed by atoms with van der Waals surface area (Å²) in [6, 6.07) is 8.16. The first-order valence-electron chi connectivity index (χ1n) is 5.37. The highest BCUT2D eigenvalue weighted by Gasteiger charge is 2.42. The molecule has 0 spiro atoms. The van der Waals surface area contributed by atoms with E-state index in [0.29, 0.717) is 6.42 Å². The lowest BCUT2D eigenvalue weighted by Gasteiger charge is -2.46. The number of fused-ring (bicyclic) bond motifs is 4. The van der Waals surface area contributed by atoms with Crippen molar-refractivity contribution >= 4 is 5.69 Å². The maximum Gasteiger partial charge on any atom is 0.157 e. The molecule has 0 radical (unpaired) electrons. The zero-order valence-electron chi connectivity index (χ0n) is 8.73. The van der Waals surface area contributed by atoms with Crippen LogP contribution in [0, 0.1) is 0 Å². The van der Waals surface area contributed by atoms with Crippen molar-refractivity contribution in [2.24, 2.45) is 0 Å². The van der Waals surface area contributed by atoms with E-state index >= 15 is 0 Å². The molecule has 15 heavy (non-hydrogen) atoms. The van der Waals surface area contributed by atoms with Crippen molar-refractivity contribution in [3.8, 4) is 0 Å². The van der Waals surface area contributed by atoms with Crippen molar-refractivity contribution < 1.29 is 9.84 Å². The second-order valence-corrected chi connectivity index (χ2v) is 4.76. The molecule has 1 aromatic rings. The molecule has 2 heterocycles. The number of aliphatic hydroxyl groups is 1. The van der Waals surface area contributed by atoms with Crippen LogP contribution in [0.2, 0.25) is 0 Å². The predicted molar refractivity (Wildman–Crippen MR) is 57.5 cm³/mol. The summed E-state index contributed by atoms with van der Waals surface area (Å²) in [5.41, 5.74) is 2.27. The number of nitrogens with one attached hydrogen (secondary N) is 1. The van der Waals surface area contributed by atoms with Gasteiger partial charge in [-0.2, -0.15) is 0 Å². The van der Waals surface area contributed by atoms with Crippen LogP contribution in [0.1, 0.15) is 31.4 Å². The van der Waals surface area contributed by atoms with Gasteiger partial charge in [0.1, 0.15) is 0 Å². The lowest BCUT2D eigenvalue weighted by molar-refractivity contribution is -0.181. The summed E-state index contributed by atoms with van der Waals surface area (Å²) >= 11 is 0. The van der Waals surface area contributed by atoms with Crippen LogP contribution in [0.4, 0.5) is 5.69 Å². The molecule has 80 valence electrons. The van der Waals surface area contributed by atoms with Gasteiger partial charge in [-0.3, -0.25) is 0 Å². The van der Waals surface area contributed by atoms with Gasteiger partial charge in [0.05, 0.1) is 6.10 Å². The van der Waals surface area contributed by atoms with E-state index in [1.807, 2.05) is 12.1 Å². The molecule has 1 aromatic carbocycles. The zero-order valence-corrected chi connectivity index (χ0v) is 8.73. The molecule has 3 atom stereocenters. The van der Waals surface area contributed by atoms with Gasteiger partial charge in [0.25, 0.3) is 0 Å². The molecule has 2 aliphatic rings. The van der Waals surface area contributed by atoms with Crippen molar-refractivity contribution in [3.05, 3.63) is 29.8 Å². The Morgan fingerprint density at radius 2 is 2.20 bits per heavy atom. The van der Waals surface area contributed by atoms with E-state index in [0.717, 1.165) is 17.7 Å². The number of para-hydroxylation sites is 1. The van der Waals surface area contributed by atoms with Crippen molar-refractivity contribution in [2.75, 3.05) is 5.32 Å². The van der Waals surface area contributed by atoms with Gasteiger partial charge in [0.2, 0.25) is 0 Å². The SMILES string of the molecule is C[C@@]12C[C@@H](O)O[C@@H](C1)c1ccccc1N2. The minimum Gasteiger partial charge on any atom is -0.379 e. The van der Waals surface area contributed by atoms with E-state index in [-0.39, 0.29) is 11.6 Å². The Balaban J connectivity index is 2.06. The fraction of sp³-hybridized carbons (Fsp3) is 0.500. The quantitative estimate of drug-likeness (QED) is 0.681. The molecule has 1 fully saturated rings. The normalized spacial score (nSPS) is 38.0. The molecular formula is C12H15NO2. The Kier molecular flexibility index (Phi) is 1.82. The Bertz CT molecular complexity index is 393. The van der Waals surface area contributed by atoms with Crippen LogP contribution in [-0.2, 0) is 4.74 Å². The van der Waals surface area contributed by atoms with Crippen LogP contribution < -0.4 is 5.32 Å². The topological polar surface area (TPSA) is 41.5 Å². The zero-order chi connectivity index (χ0) is 10.5. The van der Waals surface area contributed by atoms with E-state index < -0.39 is 6.29 Å². The molecule has 0 amide bonds. The molecule has 1 saturated heterocycles. The van der Waals surface area contributed by atoms with E-state index in [2.05, 4.69) is 24.4 Å². The average molecular weight is 205 g/mol. The summed E-state index contributed by atoms with van der Waals surface area (Å²) < 4.78 is 5.56. The molecule has 3 heteroatoms. The summed E-state index contributed by atoms with van der Waals surface area (Å²) in [5, 5.41) is 13.1. The van der Waals surface area contributed by atoms with Gasteiger partial charge >= 0.3 is 0 Å². The third-order valence-corrected chi connectivity index (χ3v) is 3.33. The summed E-state index contributed by atoms with van der Waals surface area (Å²) in [6.07, 6.45) is 0.977. The minimum absolute atomic E-state index is 0.0311. The maximum atomic E-state index is 9.64. The molecular weight excluding hydrogens is 190 g/mol. The van der Waals surface area contributed by atoms with E-state index in [4.69, 9.17) is 4.74 Å². The van der Waals surface area contributed by atoms with Crippen LogP contribution in [0.3, 0.4) is 0 Å². The molecule has 0 aromatic heterocycles. The van der Waals surface area contributed by atoms with Crippen molar-refractivity contribution in [1.29, 1.82) is 0 Å². The number of anilines is 1. The van der Waals surface area contributed by atoms with Crippen molar-refractivity contribution in [2.45, 2.75) is 37.7 Å². The first-order chi connectivity index (χ1) is 7.16. The van der Waals surface area contributed by atoms with Crippen LogP contribution in [-0.4, -0.2) is 16.9 Å². The highest BCUT2D eigenvalue weighted by atomic mass is 16.6. The number of hydrogen-bond acceptors (Lipinski definition) is 3. The van der Waals surface area contributed by atoms with Gasteiger partial charge < -0.3 is 15.2 Å².